The number of aromatic amines is 1. The molecule has 0 aliphatic carbocycles. The molecule has 2 amide bonds. The molecule has 3 heterocycles. The molecule has 266 valence electrons. The van der Waals surface area contributed by atoms with Crippen LogP contribution in [0.4, 0.5) is 0 Å². The quantitative estimate of drug-likeness (QED) is 0.137. The number of para-hydroxylation sites is 2. The lowest BCUT2D eigenvalue weighted by atomic mass is 9.98. The van der Waals surface area contributed by atoms with Gasteiger partial charge in [0.05, 0.1) is 29.8 Å². The summed E-state index contributed by atoms with van der Waals surface area (Å²) >= 11 is 0. The van der Waals surface area contributed by atoms with E-state index in [9.17, 15) is 19.5 Å². The smallest absolute Gasteiger partial charge is 0.326 e. The molecule has 1 aromatic heterocycles. The van der Waals surface area contributed by atoms with Gasteiger partial charge in [-0.2, -0.15) is 0 Å². The summed E-state index contributed by atoms with van der Waals surface area (Å²) in [4.78, 5) is 41.6. The second-order valence-corrected chi connectivity index (χ2v) is 13.5. The van der Waals surface area contributed by atoms with Crippen LogP contribution in [0.2, 0.25) is 0 Å². The Balaban J connectivity index is 1.05. The maximum absolute atomic E-state index is 12.8. The number of unbranched alkanes of at least 4 members (excludes halogenated alkanes) is 2. The number of amides is 2. The highest BCUT2D eigenvalue weighted by Crippen LogP contribution is 2.38. The first-order valence-corrected chi connectivity index (χ1v) is 17.9. The maximum atomic E-state index is 12.8. The molecule has 2 saturated heterocycles. The van der Waals surface area contributed by atoms with E-state index in [0.29, 0.717) is 25.9 Å². The fourth-order valence-corrected chi connectivity index (χ4v) is 7.05. The summed E-state index contributed by atoms with van der Waals surface area (Å²) in [5.74, 6) is -0.0131. The minimum atomic E-state index is -0.556. The van der Waals surface area contributed by atoms with Crippen LogP contribution in [0.5, 0.6) is 0 Å². The van der Waals surface area contributed by atoms with Crippen molar-refractivity contribution in [3.05, 3.63) is 106 Å². The third kappa shape index (κ3) is 9.28. The van der Waals surface area contributed by atoms with Crippen molar-refractivity contribution >= 4 is 22.8 Å². The van der Waals surface area contributed by atoms with E-state index in [-0.39, 0.29) is 42.4 Å². The summed E-state index contributed by atoms with van der Waals surface area (Å²) in [5.41, 5.74) is 5.60. The van der Waals surface area contributed by atoms with Gasteiger partial charge < -0.3 is 35.1 Å². The average molecular weight is 684 g/mol. The van der Waals surface area contributed by atoms with Gasteiger partial charge in [-0.3, -0.25) is 14.2 Å². The number of nitrogens with zero attached hydrogens (tertiary/aromatic N) is 2. The molecule has 2 aliphatic rings. The molecule has 2 fully saturated rings. The molecular formula is C39H49N5O6. The lowest BCUT2D eigenvalue weighted by Crippen LogP contribution is -2.43. The minimum Gasteiger partial charge on any atom is -0.392 e. The summed E-state index contributed by atoms with van der Waals surface area (Å²) in [6, 6.07) is 24.0. The molecule has 0 bridgehead atoms. The van der Waals surface area contributed by atoms with Crippen LogP contribution in [0.15, 0.2) is 77.6 Å². The summed E-state index contributed by atoms with van der Waals surface area (Å²) in [5, 5.41) is 15.3. The molecule has 50 heavy (non-hydrogen) atoms. The Morgan fingerprint density at radius 1 is 0.880 bits per heavy atom. The third-order valence-corrected chi connectivity index (χ3v) is 9.82. The average Bonchev–Trinajstić information content (AvgIpc) is 3.48. The zero-order chi connectivity index (χ0) is 34.9. The number of carbonyl (C=O) groups excluding carboxylic acids is 2. The van der Waals surface area contributed by atoms with Crippen molar-refractivity contribution in [2.75, 3.05) is 26.2 Å². The first kappa shape index (κ1) is 35.5. The molecule has 3 atom stereocenters. The summed E-state index contributed by atoms with van der Waals surface area (Å²) in [7, 11) is 0. The van der Waals surface area contributed by atoms with Crippen molar-refractivity contribution < 1.29 is 24.2 Å². The number of aromatic nitrogens is 2. The van der Waals surface area contributed by atoms with Crippen molar-refractivity contribution in [3.8, 4) is 0 Å². The number of hydrogen-bond donors (Lipinski definition) is 4. The van der Waals surface area contributed by atoms with Gasteiger partial charge in [-0.05, 0) is 54.5 Å². The van der Waals surface area contributed by atoms with Crippen LogP contribution < -0.4 is 16.3 Å². The number of fused-ring (bicyclic) bond motifs is 1. The first-order valence-electron chi connectivity index (χ1n) is 17.9. The number of likely N-dealkylation sites (tertiary alicyclic amines) is 1. The molecule has 3 aromatic carbocycles. The summed E-state index contributed by atoms with van der Waals surface area (Å²) in [6.45, 7) is 5.09. The Bertz CT molecular complexity index is 1760. The van der Waals surface area contributed by atoms with Crippen molar-refractivity contribution in [1.82, 2.24) is 25.1 Å². The SMILES string of the molecule is CC(=O)NCCCCCC(=O)NCc1ccc([C@@H]2O[C@H](CN3CCC(n4c(=O)[nH]c5ccccc54)CC3)C[C@H](c3ccc(CO)cc3)O2)cc1. The number of rotatable bonds is 14. The summed E-state index contributed by atoms with van der Waals surface area (Å²) in [6.07, 6.45) is 4.68. The predicted molar refractivity (Wildman–Crippen MR) is 191 cm³/mol. The number of carbonyl (C=O) groups is 2. The molecule has 4 aromatic rings. The standard InChI is InChI=1S/C39H49N5O6/c1-27(46)40-20-6-2-3-9-37(47)41-24-28-10-16-31(17-11-28)38-49-33(23-36(50-38)30-14-12-29(26-45)13-15-30)25-43-21-18-32(19-22-43)44-35-8-5-4-7-34(35)42-39(44)48/h4-5,7-8,10-17,32-33,36,38,45H,2-3,6,9,18-26H2,1H3,(H,40,46)(H,41,47)(H,42,48)/t33-,36+,38+/m0/s1. The number of aliphatic hydroxyl groups is 1. The number of benzene rings is 3. The number of piperidine rings is 1. The zero-order valence-electron chi connectivity index (χ0n) is 28.8. The topological polar surface area (TPSA) is 138 Å². The van der Waals surface area contributed by atoms with Gasteiger partial charge in [-0.15, -0.1) is 0 Å². The number of aliphatic hydroxyl groups excluding tert-OH is 1. The largest absolute Gasteiger partial charge is 0.392 e. The number of imidazole rings is 1. The Morgan fingerprint density at radius 2 is 1.60 bits per heavy atom. The molecule has 0 saturated carbocycles. The number of hydrogen-bond acceptors (Lipinski definition) is 7. The van der Waals surface area contributed by atoms with E-state index in [1.807, 2.05) is 77.4 Å². The molecule has 0 spiro atoms. The Hall–Kier alpha value is -4.29. The number of H-pyrrole nitrogens is 1. The second-order valence-electron chi connectivity index (χ2n) is 13.5. The van der Waals surface area contributed by atoms with Crippen LogP contribution in [0.25, 0.3) is 11.0 Å². The first-order chi connectivity index (χ1) is 24.4. The maximum Gasteiger partial charge on any atom is 0.326 e. The fourth-order valence-electron chi connectivity index (χ4n) is 7.05. The van der Waals surface area contributed by atoms with Gasteiger partial charge in [0.2, 0.25) is 11.8 Å². The lowest BCUT2D eigenvalue weighted by molar-refractivity contribution is -0.253. The normalized spacial score (nSPS) is 20.2. The van der Waals surface area contributed by atoms with Gasteiger partial charge in [0.15, 0.2) is 6.29 Å². The monoisotopic (exact) mass is 683 g/mol. The Morgan fingerprint density at radius 3 is 2.34 bits per heavy atom. The van der Waals surface area contributed by atoms with Crippen LogP contribution in [-0.2, 0) is 32.2 Å². The van der Waals surface area contributed by atoms with E-state index < -0.39 is 6.29 Å². The highest BCUT2D eigenvalue weighted by atomic mass is 16.7. The van der Waals surface area contributed by atoms with Gasteiger partial charge in [0.25, 0.3) is 0 Å². The lowest BCUT2D eigenvalue weighted by Gasteiger charge is -2.40. The van der Waals surface area contributed by atoms with Crippen molar-refractivity contribution in [3.63, 3.8) is 0 Å². The van der Waals surface area contributed by atoms with Crippen LogP contribution >= 0.6 is 0 Å². The van der Waals surface area contributed by atoms with Crippen molar-refractivity contribution in [2.45, 2.75) is 89.6 Å². The zero-order valence-corrected chi connectivity index (χ0v) is 28.8. The van der Waals surface area contributed by atoms with E-state index >= 15 is 0 Å². The van der Waals surface area contributed by atoms with Gasteiger partial charge in [-0.1, -0.05) is 67.1 Å². The molecule has 0 unspecified atom stereocenters. The van der Waals surface area contributed by atoms with Gasteiger partial charge in [-0.25, -0.2) is 4.79 Å². The Kier molecular flexibility index (Phi) is 12.1. The van der Waals surface area contributed by atoms with Crippen LogP contribution in [0.1, 0.15) is 92.6 Å². The van der Waals surface area contributed by atoms with Crippen LogP contribution in [0.3, 0.4) is 0 Å². The van der Waals surface area contributed by atoms with E-state index in [1.54, 1.807) is 0 Å². The van der Waals surface area contributed by atoms with Crippen LogP contribution in [0, 0.1) is 0 Å². The molecule has 6 rings (SSSR count). The minimum absolute atomic E-state index is 0.00642. The predicted octanol–water partition coefficient (Wildman–Crippen LogP) is 5.02. The second kappa shape index (κ2) is 17.1. The van der Waals surface area contributed by atoms with Gasteiger partial charge in [0, 0.05) is 64.1 Å². The van der Waals surface area contributed by atoms with Gasteiger partial charge >= 0.3 is 5.69 Å². The van der Waals surface area contributed by atoms with E-state index in [0.717, 1.165) is 85.0 Å². The van der Waals surface area contributed by atoms with E-state index in [1.165, 1.54) is 6.92 Å². The van der Waals surface area contributed by atoms with Crippen LogP contribution in [-0.4, -0.2) is 63.7 Å². The molecular weight excluding hydrogens is 634 g/mol. The number of ether oxygens (including phenoxy) is 2. The fraction of sp³-hybridized carbons (Fsp3) is 0.462. The van der Waals surface area contributed by atoms with E-state index in [4.69, 9.17) is 9.47 Å². The van der Waals surface area contributed by atoms with E-state index in [2.05, 4.69) is 20.5 Å². The highest BCUT2D eigenvalue weighted by molar-refractivity contribution is 5.76. The molecule has 2 aliphatic heterocycles. The molecule has 0 radical (unpaired) electrons. The van der Waals surface area contributed by atoms with Gasteiger partial charge in [0.1, 0.15) is 0 Å². The van der Waals surface area contributed by atoms with Crippen molar-refractivity contribution in [2.24, 2.45) is 0 Å². The molecule has 11 heteroatoms. The molecule has 4 N–H and O–H groups in total. The third-order valence-electron chi connectivity index (χ3n) is 9.82. The highest BCUT2D eigenvalue weighted by Gasteiger charge is 2.34. The van der Waals surface area contributed by atoms with Crippen molar-refractivity contribution in [1.29, 1.82) is 0 Å². The molecule has 11 nitrogen and oxygen atoms in total. The summed E-state index contributed by atoms with van der Waals surface area (Å²) < 4.78 is 15.1. The number of nitrogens with one attached hydrogen (secondary N) is 3. The Labute approximate surface area is 293 Å².